The van der Waals surface area contributed by atoms with E-state index in [0.29, 0.717) is 28.5 Å². The number of hydrogen-bond acceptors (Lipinski definition) is 6. The third-order valence-electron chi connectivity index (χ3n) is 4.51. The molecule has 3 aromatic rings. The van der Waals surface area contributed by atoms with Gasteiger partial charge in [0.05, 0.1) is 29.2 Å². The topological polar surface area (TPSA) is 96.5 Å². The Morgan fingerprint density at radius 1 is 1.21 bits per heavy atom. The molecule has 0 fully saturated rings. The number of pyridine rings is 2. The van der Waals surface area contributed by atoms with Crippen molar-refractivity contribution in [1.29, 1.82) is 0 Å². The minimum atomic E-state index is -0.347. The molecule has 8 heteroatoms. The van der Waals surface area contributed by atoms with Crippen molar-refractivity contribution in [2.45, 2.75) is 6.61 Å². The number of carbonyl (C=O) groups is 2. The fourth-order valence-corrected chi connectivity index (χ4v) is 2.91. The molecule has 3 heterocycles. The van der Waals surface area contributed by atoms with Crippen LogP contribution in [0, 0.1) is 0 Å². The molecule has 1 aliphatic rings. The first-order valence-corrected chi connectivity index (χ1v) is 9.05. The molecule has 2 aromatic heterocycles. The highest BCUT2D eigenvalue weighted by Crippen LogP contribution is 2.29. The maximum absolute atomic E-state index is 12.8. The number of ether oxygens (including phenoxy) is 1. The second-order valence-corrected chi connectivity index (χ2v) is 6.46. The van der Waals surface area contributed by atoms with Crippen LogP contribution in [0.4, 0.5) is 17.2 Å². The van der Waals surface area contributed by atoms with E-state index < -0.39 is 0 Å². The van der Waals surface area contributed by atoms with E-state index in [1.54, 1.807) is 31.4 Å². The van der Waals surface area contributed by atoms with Crippen LogP contribution in [0.15, 0.2) is 60.9 Å². The molecule has 8 nitrogen and oxygen atoms in total. The van der Waals surface area contributed by atoms with Crippen LogP contribution < -0.4 is 20.3 Å². The van der Waals surface area contributed by atoms with E-state index in [1.165, 1.54) is 11.1 Å². The summed E-state index contributed by atoms with van der Waals surface area (Å²) in [5.74, 6) is 0.667. The molecule has 0 saturated heterocycles. The summed E-state index contributed by atoms with van der Waals surface area (Å²) in [4.78, 5) is 34.6. The maximum Gasteiger partial charge on any atom is 0.257 e. The number of amides is 2. The average Bonchev–Trinajstić information content (AvgIpc) is 2.76. The second kappa shape index (κ2) is 7.97. The summed E-state index contributed by atoms with van der Waals surface area (Å²) in [7, 11) is 1.66. The van der Waals surface area contributed by atoms with Gasteiger partial charge >= 0.3 is 0 Å². The van der Waals surface area contributed by atoms with E-state index in [4.69, 9.17) is 4.74 Å². The summed E-state index contributed by atoms with van der Waals surface area (Å²) in [6.07, 6.45) is 3.17. The lowest BCUT2D eigenvalue weighted by molar-refractivity contribution is -0.116. The highest BCUT2D eigenvalue weighted by atomic mass is 16.5. The third-order valence-corrected chi connectivity index (χ3v) is 4.51. The summed E-state index contributed by atoms with van der Waals surface area (Å²) >= 11 is 0. The first kappa shape index (κ1) is 18.4. The molecule has 1 aromatic carbocycles. The Bertz CT molecular complexity index is 1060. The second-order valence-electron chi connectivity index (χ2n) is 6.46. The Morgan fingerprint density at radius 2 is 2.03 bits per heavy atom. The highest BCUT2D eigenvalue weighted by molar-refractivity contribution is 6.07. The molecule has 0 spiro atoms. The van der Waals surface area contributed by atoms with Crippen LogP contribution in [0.2, 0.25) is 0 Å². The van der Waals surface area contributed by atoms with Crippen molar-refractivity contribution in [3.8, 4) is 5.75 Å². The number of aromatic nitrogens is 2. The summed E-state index contributed by atoms with van der Waals surface area (Å²) in [5, 5.41) is 5.79. The molecule has 29 heavy (non-hydrogen) atoms. The van der Waals surface area contributed by atoms with Crippen LogP contribution in [0.3, 0.4) is 0 Å². The first-order valence-electron chi connectivity index (χ1n) is 9.05. The molecule has 0 aliphatic carbocycles. The van der Waals surface area contributed by atoms with Crippen LogP contribution in [-0.4, -0.2) is 35.4 Å². The van der Waals surface area contributed by atoms with Crippen molar-refractivity contribution < 1.29 is 14.3 Å². The minimum Gasteiger partial charge on any atom is -0.485 e. The highest BCUT2D eigenvalue weighted by Gasteiger charge is 2.23. The van der Waals surface area contributed by atoms with Gasteiger partial charge in [0.1, 0.15) is 18.2 Å². The van der Waals surface area contributed by atoms with E-state index >= 15 is 0 Å². The van der Waals surface area contributed by atoms with Gasteiger partial charge in [-0.1, -0.05) is 18.2 Å². The molecule has 1 aliphatic heterocycles. The van der Waals surface area contributed by atoms with Gasteiger partial charge in [-0.15, -0.1) is 0 Å². The molecule has 0 radical (unpaired) electrons. The van der Waals surface area contributed by atoms with E-state index in [1.807, 2.05) is 30.3 Å². The Morgan fingerprint density at radius 3 is 2.86 bits per heavy atom. The zero-order chi connectivity index (χ0) is 20.2. The van der Waals surface area contributed by atoms with Crippen molar-refractivity contribution in [3.05, 3.63) is 72.2 Å². The van der Waals surface area contributed by atoms with Gasteiger partial charge in [0.15, 0.2) is 0 Å². The maximum atomic E-state index is 12.8. The van der Waals surface area contributed by atoms with Crippen LogP contribution in [0.25, 0.3) is 0 Å². The van der Waals surface area contributed by atoms with Gasteiger partial charge in [0.2, 0.25) is 5.91 Å². The van der Waals surface area contributed by atoms with Crippen LogP contribution in [-0.2, 0) is 11.4 Å². The van der Waals surface area contributed by atoms with Gasteiger partial charge in [-0.3, -0.25) is 14.6 Å². The molecular weight excluding hydrogens is 370 g/mol. The van der Waals surface area contributed by atoms with Gasteiger partial charge in [0.25, 0.3) is 5.91 Å². The SMILES string of the molecule is CN1C(=O)CNc2ncc(C(=O)Nc3ccccc3OCc3ccccn3)cc21. The first-order chi connectivity index (χ1) is 14.1. The summed E-state index contributed by atoms with van der Waals surface area (Å²) in [5.41, 5.74) is 2.22. The Kier molecular flexibility index (Phi) is 5.07. The number of likely N-dealkylation sites (N-methyl/N-ethyl adjacent to an activating group) is 1. The molecule has 4 rings (SSSR count). The summed E-state index contributed by atoms with van der Waals surface area (Å²) < 4.78 is 5.83. The van der Waals surface area contributed by atoms with Crippen LogP contribution >= 0.6 is 0 Å². The fraction of sp³-hybridized carbons (Fsp3) is 0.143. The number of anilines is 3. The minimum absolute atomic E-state index is 0.0925. The van der Waals surface area contributed by atoms with Gasteiger partial charge in [-0.25, -0.2) is 4.98 Å². The van der Waals surface area contributed by atoms with Crippen molar-refractivity contribution in [3.63, 3.8) is 0 Å². The molecule has 2 amide bonds. The number of fused-ring (bicyclic) bond motifs is 1. The van der Waals surface area contributed by atoms with E-state index in [9.17, 15) is 9.59 Å². The van der Waals surface area contributed by atoms with E-state index in [2.05, 4.69) is 20.6 Å². The van der Waals surface area contributed by atoms with E-state index in [-0.39, 0.29) is 25.0 Å². The molecule has 0 saturated carbocycles. The van der Waals surface area contributed by atoms with E-state index in [0.717, 1.165) is 5.69 Å². The van der Waals surface area contributed by atoms with Gasteiger partial charge < -0.3 is 20.3 Å². The van der Waals surface area contributed by atoms with Crippen LogP contribution in [0.1, 0.15) is 16.1 Å². The van der Waals surface area contributed by atoms with Gasteiger partial charge in [-0.05, 0) is 30.3 Å². The largest absolute Gasteiger partial charge is 0.485 e. The quantitative estimate of drug-likeness (QED) is 0.697. The van der Waals surface area contributed by atoms with Crippen molar-refractivity contribution in [1.82, 2.24) is 9.97 Å². The normalized spacial score (nSPS) is 12.7. The molecular formula is C21H19N5O3. The average molecular weight is 389 g/mol. The Hall–Kier alpha value is -3.94. The number of rotatable bonds is 5. The summed E-state index contributed by atoms with van der Waals surface area (Å²) in [6, 6.07) is 14.4. The Balaban J connectivity index is 1.51. The molecule has 0 unspecified atom stereocenters. The molecule has 0 atom stereocenters. The third kappa shape index (κ3) is 4.01. The predicted molar refractivity (Wildman–Crippen MR) is 109 cm³/mol. The van der Waals surface area contributed by atoms with Crippen molar-refractivity contribution in [2.24, 2.45) is 0 Å². The lowest BCUT2D eigenvalue weighted by Crippen LogP contribution is -2.37. The number of hydrogen-bond donors (Lipinski definition) is 2. The zero-order valence-corrected chi connectivity index (χ0v) is 15.8. The number of benzene rings is 1. The smallest absolute Gasteiger partial charge is 0.257 e. The fourth-order valence-electron chi connectivity index (χ4n) is 2.91. The number of nitrogens with one attached hydrogen (secondary N) is 2. The van der Waals surface area contributed by atoms with Crippen LogP contribution in [0.5, 0.6) is 5.75 Å². The standard InChI is InChI=1S/C21H19N5O3/c1-26-17-10-14(11-23-20(17)24-12-19(26)27)21(28)25-16-7-2-3-8-18(16)29-13-15-6-4-5-9-22-15/h2-11H,12-13H2,1H3,(H,23,24)(H,25,28). The Labute approximate surface area is 167 Å². The summed E-state index contributed by atoms with van der Waals surface area (Å²) in [6.45, 7) is 0.468. The predicted octanol–water partition coefficient (Wildman–Crippen LogP) is 2.70. The van der Waals surface area contributed by atoms with Gasteiger partial charge in [-0.2, -0.15) is 0 Å². The van der Waals surface area contributed by atoms with Crippen molar-refractivity contribution >= 4 is 29.0 Å². The number of para-hydroxylation sites is 2. The lowest BCUT2D eigenvalue weighted by atomic mass is 10.2. The van der Waals surface area contributed by atoms with Gasteiger partial charge in [0, 0.05) is 19.4 Å². The van der Waals surface area contributed by atoms with Crippen molar-refractivity contribution in [2.75, 3.05) is 29.1 Å². The number of carbonyl (C=O) groups excluding carboxylic acids is 2. The lowest BCUT2D eigenvalue weighted by Gasteiger charge is -2.26. The molecule has 0 bridgehead atoms. The molecule has 2 N–H and O–H groups in total. The number of nitrogens with zero attached hydrogens (tertiary/aromatic N) is 3. The molecule has 146 valence electrons. The monoisotopic (exact) mass is 389 g/mol. The zero-order valence-electron chi connectivity index (χ0n) is 15.8.